The molecule has 1 aromatic heterocycles. The average Bonchev–Trinajstić information content (AvgIpc) is 2.36. The zero-order chi connectivity index (χ0) is 8.97. The van der Waals surface area contributed by atoms with E-state index in [0.717, 1.165) is 16.5 Å². The molecule has 1 unspecified atom stereocenters. The molecule has 1 aromatic rings. The fourth-order valence-corrected chi connectivity index (χ4v) is 2.12. The maximum atomic E-state index is 9.46. The lowest BCUT2D eigenvalue weighted by Gasteiger charge is -2.05. The minimum absolute atomic E-state index is 0.249. The van der Waals surface area contributed by atoms with Gasteiger partial charge >= 0.3 is 0 Å². The Bertz CT molecular complexity index is 237. The van der Waals surface area contributed by atoms with Gasteiger partial charge in [-0.25, -0.2) is 4.98 Å². The van der Waals surface area contributed by atoms with Crippen molar-refractivity contribution in [1.82, 2.24) is 4.98 Å². The number of rotatable bonds is 4. The lowest BCUT2D eigenvalue weighted by molar-refractivity contribution is 0.199. The lowest BCUT2D eigenvalue weighted by atomic mass is 10.2. The molecule has 0 aliphatic carbocycles. The second-order valence-corrected chi connectivity index (χ2v) is 4.64. The van der Waals surface area contributed by atoms with E-state index in [4.69, 9.17) is 0 Å². The van der Waals surface area contributed by atoms with Crippen LogP contribution in [0.4, 0.5) is 0 Å². The van der Waals surface area contributed by atoms with Crippen molar-refractivity contribution in [3.05, 3.63) is 16.1 Å². The third kappa shape index (κ3) is 3.13. The Hall–Kier alpha value is -0.0600. The Balaban J connectivity index is 2.41. The molecule has 1 rings (SSSR count). The van der Waals surface area contributed by atoms with Gasteiger partial charge in [0.25, 0.3) is 0 Å². The summed E-state index contributed by atoms with van der Waals surface area (Å²) in [6, 6.07) is 0. The fourth-order valence-electron chi connectivity index (χ4n) is 0.995. The summed E-state index contributed by atoms with van der Waals surface area (Å²) >= 11 is 3.30. The summed E-state index contributed by atoms with van der Waals surface area (Å²) in [5, 5.41) is 12.5. The van der Waals surface area contributed by atoms with Gasteiger partial charge in [0.1, 0.15) is 0 Å². The summed E-state index contributed by atoms with van der Waals surface area (Å²) in [6.45, 7) is 1.98. The summed E-state index contributed by atoms with van der Waals surface area (Å²) in [5.41, 5.74) is 1.01. The molecule has 0 spiro atoms. The molecular formula is C8H13NOS2. The molecule has 0 amide bonds. The van der Waals surface area contributed by atoms with Crippen molar-refractivity contribution in [1.29, 1.82) is 0 Å². The molecule has 0 radical (unpaired) electrons. The van der Waals surface area contributed by atoms with Crippen LogP contribution < -0.4 is 0 Å². The maximum Gasteiger partial charge on any atom is 0.0897 e. The summed E-state index contributed by atoms with van der Waals surface area (Å²) in [4.78, 5) is 4.28. The van der Waals surface area contributed by atoms with Crippen molar-refractivity contribution < 1.29 is 5.11 Å². The highest BCUT2D eigenvalue weighted by molar-refractivity contribution is 7.98. The molecule has 0 saturated carbocycles. The highest BCUT2D eigenvalue weighted by Gasteiger charge is 2.06. The number of nitrogens with zero attached hydrogens (tertiary/aromatic N) is 1. The van der Waals surface area contributed by atoms with Crippen molar-refractivity contribution in [2.45, 2.75) is 19.4 Å². The number of aromatic nitrogens is 1. The van der Waals surface area contributed by atoms with E-state index >= 15 is 0 Å². The topological polar surface area (TPSA) is 33.1 Å². The van der Waals surface area contributed by atoms with Crippen molar-refractivity contribution in [2.24, 2.45) is 0 Å². The average molecular weight is 203 g/mol. The zero-order valence-electron chi connectivity index (χ0n) is 7.28. The second-order valence-electron chi connectivity index (χ2n) is 2.67. The summed E-state index contributed by atoms with van der Waals surface area (Å²) in [5.74, 6) is 0.788. The Kier molecular flexibility index (Phi) is 4.05. The van der Waals surface area contributed by atoms with Crippen LogP contribution in [-0.4, -0.2) is 28.2 Å². The van der Waals surface area contributed by atoms with Crippen molar-refractivity contribution >= 4 is 23.1 Å². The van der Waals surface area contributed by atoms with E-state index in [9.17, 15) is 5.11 Å². The van der Waals surface area contributed by atoms with Gasteiger partial charge in [0.2, 0.25) is 0 Å². The molecule has 0 aromatic carbocycles. The van der Waals surface area contributed by atoms with Gasteiger partial charge in [0, 0.05) is 17.6 Å². The third-order valence-electron chi connectivity index (χ3n) is 1.47. The first kappa shape index (κ1) is 10.0. The van der Waals surface area contributed by atoms with Crippen molar-refractivity contribution in [3.8, 4) is 0 Å². The fraction of sp³-hybridized carbons (Fsp3) is 0.625. The highest BCUT2D eigenvalue weighted by Crippen LogP contribution is 2.11. The first-order chi connectivity index (χ1) is 5.72. The van der Waals surface area contributed by atoms with Gasteiger partial charge in [-0.05, 0) is 13.2 Å². The smallest absolute Gasteiger partial charge is 0.0897 e. The van der Waals surface area contributed by atoms with E-state index < -0.39 is 0 Å². The van der Waals surface area contributed by atoms with E-state index in [1.54, 1.807) is 23.1 Å². The van der Waals surface area contributed by atoms with Crippen LogP contribution in [0.15, 0.2) is 5.38 Å². The van der Waals surface area contributed by atoms with Crippen LogP contribution in [0.25, 0.3) is 0 Å². The molecule has 1 atom stereocenters. The molecule has 0 saturated heterocycles. The van der Waals surface area contributed by atoms with Gasteiger partial charge in [-0.15, -0.1) is 11.3 Å². The minimum Gasteiger partial charge on any atom is -0.392 e. The van der Waals surface area contributed by atoms with E-state index in [0.29, 0.717) is 6.42 Å². The molecular weight excluding hydrogens is 190 g/mol. The molecule has 4 heteroatoms. The molecule has 2 nitrogen and oxygen atoms in total. The molecule has 0 bridgehead atoms. The summed E-state index contributed by atoms with van der Waals surface area (Å²) < 4.78 is 0. The number of hydrogen-bond acceptors (Lipinski definition) is 4. The third-order valence-corrected chi connectivity index (χ3v) is 3.01. The van der Waals surface area contributed by atoms with Crippen LogP contribution in [0, 0.1) is 6.92 Å². The number of aliphatic hydroxyl groups is 1. The maximum absolute atomic E-state index is 9.46. The minimum atomic E-state index is -0.249. The van der Waals surface area contributed by atoms with Gasteiger partial charge in [-0.3, -0.25) is 0 Å². The number of aryl methyl sites for hydroxylation is 1. The monoisotopic (exact) mass is 203 g/mol. The Morgan fingerprint density at radius 2 is 2.50 bits per heavy atom. The number of thiazole rings is 1. The van der Waals surface area contributed by atoms with Crippen LogP contribution in [0.5, 0.6) is 0 Å². The van der Waals surface area contributed by atoms with E-state index in [1.165, 1.54) is 0 Å². The van der Waals surface area contributed by atoms with Crippen LogP contribution >= 0.6 is 23.1 Å². The highest BCUT2D eigenvalue weighted by atomic mass is 32.2. The molecule has 0 aliphatic rings. The SMILES string of the molecule is CSCC(O)Cc1csc(C)n1. The molecule has 1 N–H and O–H groups in total. The van der Waals surface area contributed by atoms with Crippen molar-refractivity contribution in [3.63, 3.8) is 0 Å². The van der Waals surface area contributed by atoms with E-state index in [1.807, 2.05) is 18.6 Å². The first-order valence-corrected chi connectivity index (χ1v) is 6.07. The number of hydrogen-bond donors (Lipinski definition) is 1. The standard InChI is InChI=1S/C8H13NOS2/c1-6-9-7(4-12-6)3-8(10)5-11-2/h4,8,10H,3,5H2,1-2H3. The van der Waals surface area contributed by atoms with Crippen LogP contribution in [0.1, 0.15) is 10.7 Å². The van der Waals surface area contributed by atoms with Crippen molar-refractivity contribution in [2.75, 3.05) is 12.0 Å². The Labute approximate surface area is 81.0 Å². The molecule has 68 valence electrons. The molecule has 0 aliphatic heterocycles. The first-order valence-electron chi connectivity index (χ1n) is 3.80. The summed E-state index contributed by atoms with van der Waals surface area (Å²) in [6.07, 6.45) is 2.43. The lowest BCUT2D eigenvalue weighted by Crippen LogP contribution is -2.13. The van der Waals surface area contributed by atoms with E-state index in [2.05, 4.69) is 4.98 Å². The predicted molar refractivity (Wildman–Crippen MR) is 54.9 cm³/mol. The zero-order valence-corrected chi connectivity index (χ0v) is 8.91. The molecule has 12 heavy (non-hydrogen) atoms. The van der Waals surface area contributed by atoms with Gasteiger partial charge < -0.3 is 5.11 Å². The molecule has 0 fully saturated rings. The van der Waals surface area contributed by atoms with Gasteiger partial charge in [-0.1, -0.05) is 0 Å². The normalized spacial score (nSPS) is 13.2. The quantitative estimate of drug-likeness (QED) is 0.809. The summed E-state index contributed by atoms with van der Waals surface area (Å²) in [7, 11) is 0. The molecule has 1 heterocycles. The van der Waals surface area contributed by atoms with Crippen LogP contribution in [0.2, 0.25) is 0 Å². The Morgan fingerprint density at radius 1 is 1.75 bits per heavy atom. The van der Waals surface area contributed by atoms with Crippen LogP contribution in [-0.2, 0) is 6.42 Å². The van der Waals surface area contributed by atoms with Gasteiger partial charge in [-0.2, -0.15) is 11.8 Å². The second kappa shape index (κ2) is 4.84. The van der Waals surface area contributed by atoms with Crippen LogP contribution in [0.3, 0.4) is 0 Å². The number of thioether (sulfide) groups is 1. The van der Waals surface area contributed by atoms with E-state index in [-0.39, 0.29) is 6.10 Å². The van der Waals surface area contributed by atoms with Gasteiger partial charge in [0.15, 0.2) is 0 Å². The van der Waals surface area contributed by atoms with Gasteiger partial charge in [0.05, 0.1) is 16.8 Å². The largest absolute Gasteiger partial charge is 0.392 e. The Morgan fingerprint density at radius 3 is 3.00 bits per heavy atom. The predicted octanol–water partition coefficient (Wildman–Crippen LogP) is 1.72. The number of aliphatic hydroxyl groups excluding tert-OH is 1.